The first-order valence-electron chi connectivity index (χ1n) is 9.02. The van der Waals surface area contributed by atoms with Crippen LogP contribution in [0.15, 0.2) is 36.7 Å². The molecule has 0 spiro atoms. The van der Waals surface area contributed by atoms with E-state index in [9.17, 15) is 9.59 Å². The van der Waals surface area contributed by atoms with Crippen LogP contribution in [0, 0.1) is 5.92 Å². The molecule has 1 unspecified atom stereocenters. The second-order valence-electron chi connectivity index (χ2n) is 7.03. The maximum Gasteiger partial charge on any atom is 0.247 e. The Morgan fingerprint density at radius 3 is 2.85 bits per heavy atom. The van der Waals surface area contributed by atoms with Crippen LogP contribution in [0.4, 0.5) is 0 Å². The van der Waals surface area contributed by atoms with E-state index < -0.39 is 6.04 Å². The van der Waals surface area contributed by atoms with Crippen LogP contribution in [0.25, 0.3) is 0 Å². The number of carbonyl (C=O) groups is 2. The molecule has 0 saturated carbocycles. The molecule has 0 aliphatic carbocycles. The van der Waals surface area contributed by atoms with Gasteiger partial charge in [-0.05, 0) is 30.5 Å². The van der Waals surface area contributed by atoms with Crippen LogP contribution >= 0.6 is 0 Å². The van der Waals surface area contributed by atoms with Crippen LogP contribution in [0.1, 0.15) is 44.1 Å². The molecule has 0 saturated heterocycles. The molecule has 1 aliphatic rings. The van der Waals surface area contributed by atoms with E-state index in [1.165, 1.54) is 0 Å². The zero-order valence-electron chi connectivity index (χ0n) is 15.3. The van der Waals surface area contributed by atoms with Crippen molar-refractivity contribution in [2.75, 3.05) is 6.54 Å². The second-order valence-corrected chi connectivity index (χ2v) is 7.03. The Morgan fingerprint density at radius 2 is 2.12 bits per heavy atom. The van der Waals surface area contributed by atoms with E-state index >= 15 is 0 Å². The Kier molecular flexibility index (Phi) is 5.65. The van der Waals surface area contributed by atoms with Crippen LogP contribution in [0.2, 0.25) is 0 Å². The van der Waals surface area contributed by atoms with Gasteiger partial charge < -0.3 is 10.2 Å². The summed E-state index contributed by atoms with van der Waals surface area (Å²) in [6, 6.07) is 6.93. The molecule has 3 heterocycles. The van der Waals surface area contributed by atoms with E-state index in [1.807, 2.05) is 24.3 Å². The van der Waals surface area contributed by atoms with Crippen molar-refractivity contribution in [2.45, 2.75) is 45.8 Å². The average Bonchev–Trinajstić information content (AvgIpc) is 3.12. The third-order valence-electron chi connectivity index (χ3n) is 4.55. The third-order valence-corrected chi connectivity index (χ3v) is 4.55. The summed E-state index contributed by atoms with van der Waals surface area (Å²) in [5.74, 6) is 0.419. The first-order valence-corrected chi connectivity index (χ1v) is 9.02. The molecule has 0 aromatic carbocycles. The normalized spacial score (nSPS) is 16.4. The molecule has 26 heavy (non-hydrogen) atoms. The van der Waals surface area contributed by atoms with E-state index in [-0.39, 0.29) is 11.8 Å². The number of fused-ring (bicyclic) bond motifs is 1. The molecule has 2 aromatic heterocycles. The summed E-state index contributed by atoms with van der Waals surface area (Å²) >= 11 is 0. The van der Waals surface area contributed by atoms with Gasteiger partial charge in [-0.25, -0.2) is 0 Å². The second kappa shape index (κ2) is 8.12. The zero-order chi connectivity index (χ0) is 18.5. The highest BCUT2D eigenvalue weighted by molar-refractivity contribution is 5.82. The molecule has 2 amide bonds. The molecule has 2 aromatic rings. The standard InChI is InChI=1S/C19H25N5O2/c1-14(2)6-7-18(25)23-12-16-8-10-22-24(16)17(13-23)19(26)21-11-15-5-3-4-9-20-15/h3-5,8-10,14,17H,6-7,11-13H2,1-2H3,(H,21,26). The van der Waals surface area contributed by atoms with Crippen molar-refractivity contribution in [3.8, 4) is 0 Å². The number of hydrogen-bond acceptors (Lipinski definition) is 4. The molecule has 7 heteroatoms. The Balaban J connectivity index is 1.67. The molecule has 1 N–H and O–H groups in total. The predicted molar refractivity (Wildman–Crippen MR) is 96.8 cm³/mol. The van der Waals surface area contributed by atoms with Crippen LogP contribution in [-0.2, 0) is 22.7 Å². The third kappa shape index (κ3) is 4.28. The van der Waals surface area contributed by atoms with E-state index in [0.717, 1.165) is 17.8 Å². The van der Waals surface area contributed by atoms with Crippen molar-refractivity contribution in [1.29, 1.82) is 0 Å². The van der Waals surface area contributed by atoms with Crippen LogP contribution in [0.3, 0.4) is 0 Å². The maximum absolute atomic E-state index is 12.7. The lowest BCUT2D eigenvalue weighted by Gasteiger charge is -2.33. The monoisotopic (exact) mass is 355 g/mol. The van der Waals surface area contributed by atoms with Gasteiger partial charge >= 0.3 is 0 Å². The highest BCUT2D eigenvalue weighted by Gasteiger charge is 2.32. The van der Waals surface area contributed by atoms with Crippen molar-refractivity contribution in [3.63, 3.8) is 0 Å². The largest absolute Gasteiger partial charge is 0.349 e. The van der Waals surface area contributed by atoms with Crippen LogP contribution in [0.5, 0.6) is 0 Å². The molecule has 1 atom stereocenters. The van der Waals surface area contributed by atoms with Gasteiger partial charge in [0.05, 0.1) is 31.0 Å². The summed E-state index contributed by atoms with van der Waals surface area (Å²) in [6.45, 7) is 5.41. The fourth-order valence-corrected chi connectivity index (χ4v) is 3.05. The van der Waals surface area contributed by atoms with Gasteiger partial charge in [0.15, 0.2) is 0 Å². The fraction of sp³-hybridized carbons (Fsp3) is 0.474. The minimum Gasteiger partial charge on any atom is -0.349 e. The van der Waals surface area contributed by atoms with Crippen molar-refractivity contribution in [3.05, 3.63) is 48.0 Å². The molecule has 0 radical (unpaired) electrons. The minimum atomic E-state index is -0.513. The Hall–Kier alpha value is -2.70. The summed E-state index contributed by atoms with van der Waals surface area (Å²) in [5, 5.41) is 7.19. The number of nitrogens with one attached hydrogen (secondary N) is 1. The van der Waals surface area contributed by atoms with Gasteiger partial charge in [-0.3, -0.25) is 19.3 Å². The van der Waals surface area contributed by atoms with Crippen molar-refractivity contribution in [1.82, 2.24) is 25.0 Å². The predicted octanol–water partition coefficient (Wildman–Crippen LogP) is 1.91. The molecule has 0 fully saturated rings. The SMILES string of the molecule is CC(C)CCC(=O)N1Cc2ccnn2C(C(=O)NCc2ccccn2)C1. The number of hydrogen-bond donors (Lipinski definition) is 1. The van der Waals surface area contributed by atoms with Gasteiger partial charge in [-0.15, -0.1) is 0 Å². The fourth-order valence-electron chi connectivity index (χ4n) is 3.05. The van der Waals surface area contributed by atoms with Crippen LogP contribution < -0.4 is 5.32 Å². The lowest BCUT2D eigenvalue weighted by Crippen LogP contribution is -2.47. The molecule has 138 valence electrons. The topological polar surface area (TPSA) is 80.1 Å². The van der Waals surface area contributed by atoms with E-state index in [1.54, 1.807) is 22.0 Å². The Labute approximate surface area is 153 Å². The smallest absolute Gasteiger partial charge is 0.247 e. The first kappa shape index (κ1) is 18.1. The van der Waals surface area contributed by atoms with Gasteiger partial charge in [-0.1, -0.05) is 19.9 Å². The number of carbonyl (C=O) groups excluding carboxylic acids is 2. The van der Waals surface area contributed by atoms with E-state index in [4.69, 9.17) is 0 Å². The molecular weight excluding hydrogens is 330 g/mol. The number of amides is 2. The number of rotatable bonds is 6. The van der Waals surface area contributed by atoms with E-state index in [2.05, 4.69) is 29.2 Å². The lowest BCUT2D eigenvalue weighted by molar-refractivity contribution is -0.135. The van der Waals surface area contributed by atoms with Crippen LogP contribution in [-0.4, -0.2) is 38.0 Å². The first-order chi connectivity index (χ1) is 12.5. The van der Waals surface area contributed by atoms with Gasteiger partial charge in [0.2, 0.25) is 11.8 Å². The Morgan fingerprint density at radius 1 is 1.27 bits per heavy atom. The number of pyridine rings is 1. The quantitative estimate of drug-likeness (QED) is 0.858. The van der Waals surface area contributed by atoms with Gasteiger partial charge in [-0.2, -0.15) is 5.10 Å². The van der Waals surface area contributed by atoms with E-state index in [0.29, 0.717) is 32.0 Å². The summed E-state index contributed by atoms with van der Waals surface area (Å²) in [4.78, 5) is 31.2. The molecule has 3 rings (SSSR count). The number of aromatic nitrogens is 3. The summed E-state index contributed by atoms with van der Waals surface area (Å²) in [5.41, 5.74) is 1.68. The summed E-state index contributed by atoms with van der Waals surface area (Å²) < 4.78 is 1.72. The van der Waals surface area contributed by atoms with Gasteiger partial charge in [0.25, 0.3) is 0 Å². The minimum absolute atomic E-state index is 0.0914. The van der Waals surface area contributed by atoms with Crippen molar-refractivity contribution in [2.24, 2.45) is 5.92 Å². The summed E-state index contributed by atoms with van der Waals surface area (Å²) in [6.07, 6.45) is 4.73. The van der Waals surface area contributed by atoms with Gasteiger partial charge in [0.1, 0.15) is 6.04 Å². The lowest BCUT2D eigenvalue weighted by atomic mass is 10.1. The highest BCUT2D eigenvalue weighted by atomic mass is 16.2. The number of nitrogens with zero attached hydrogens (tertiary/aromatic N) is 4. The molecule has 0 bridgehead atoms. The van der Waals surface area contributed by atoms with Crippen molar-refractivity contribution < 1.29 is 9.59 Å². The zero-order valence-corrected chi connectivity index (χ0v) is 15.3. The van der Waals surface area contributed by atoms with Gasteiger partial charge in [0, 0.05) is 18.8 Å². The molecule has 1 aliphatic heterocycles. The average molecular weight is 355 g/mol. The highest BCUT2D eigenvalue weighted by Crippen LogP contribution is 2.22. The molecule has 7 nitrogen and oxygen atoms in total. The Bertz CT molecular complexity index is 756. The summed E-state index contributed by atoms with van der Waals surface area (Å²) in [7, 11) is 0. The van der Waals surface area contributed by atoms with Crippen molar-refractivity contribution >= 4 is 11.8 Å². The molecular formula is C19H25N5O2. The maximum atomic E-state index is 12.7.